The zero-order valence-corrected chi connectivity index (χ0v) is 16.3. The molecule has 0 saturated heterocycles. The molecule has 0 unspecified atom stereocenters. The Hall–Kier alpha value is -2.49. The van der Waals surface area contributed by atoms with Gasteiger partial charge in [0.1, 0.15) is 18.1 Å². The maximum Gasteiger partial charge on any atom is 0.260 e. The van der Waals surface area contributed by atoms with Crippen LogP contribution in [0.3, 0.4) is 0 Å². The SMILES string of the molecule is Cc1cccc(O[C@@H](C)C(=O)NCCOc2ccc(C(C)(C)C)cc2)c1. The molecule has 0 aromatic heterocycles. The summed E-state index contributed by atoms with van der Waals surface area (Å²) < 4.78 is 11.3. The normalized spacial score (nSPS) is 12.3. The molecule has 0 spiro atoms. The van der Waals surface area contributed by atoms with Crippen LogP contribution in [0.25, 0.3) is 0 Å². The predicted molar refractivity (Wildman–Crippen MR) is 105 cm³/mol. The summed E-state index contributed by atoms with van der Waals surface area (Å²) in [6, 6.07) is 15.7. The van der Waals surface area contributed by atoms with Crippen molar-refractivity contribution in [1.29, 1.82) is 0 Å². The van der Waals surface area contributed by atoms with E-state index in [9.17, 15) is 4.79 Å². The number of hydrogen-bond acceptors (Lipinski definition) is 3. The molecule has 2 rings (SSSR count). The standard InChI is InChI=1S/C22H29NO3/c1-16-7-6-8-20(15-16)26-17(2)21(24)23-13-14-25-19-11-9-18(10-12-19)22(3,4)5/h6-12,15,17H,13-14H2,1-5H3,(H,23,24)/t17-/m0/s1. The van der Waals surface area contributed by atoms with Gasteiger partial charge in [0.15, 0.2) is 6.10 Å². The summed E-state index contributed by atoms with van der Waals surface area (Å²) in [6.07, 6.45) is -0.553. The van der Waals surface area contributed by atoms with E-state index < -0.39 is 6.10 Å². The summed E-state index contributed by atoms with van der Waals surface area (Å²) >= 11 is 0. The van der Waals surface area contributed by atoms with E-state index in [1.54, 1.807) is 6.92 Å². The third-order valence-electron chi connectivity index (χ3n) is 4.06. The van der Waals surface area contributed by atoms with Crippen molar-refractivity contribution in [3.8, 4) is 11.5 Å². The lowest BCUT2D eigenvalue weighted by Crippen LogP contribution is -2.38. The van der Waals surface area contributed by atoms with Gasteiger partial charge in [-0.15, -0.1) is 0 Å². The topological polar surface area (TPSA) is 47.6 Å². The monoisotopic (exact) mass is 355 g/mol. The second-order valence-corrected chi connectivity index (χ2v) is 7.49. The molecule has 2 aromatic rings. The van der Waals surface area contributed by atoms with Crippen LogP contribution in [0.2, 0.25) is 0 Å². The number of amides is 1. The highest BCUT2D eigenvalue weighted by atomic mass is 16.5. The molecule has 140 valence electrons. The summed E-state index contributed by atoms with van der Waals surface area (Å²) in [6.45, 7) is 11.1. The van der Waals surface area contributed by atoms with Crippen molar-refractivity contribution >= 4 is 5.91 Å². The molecule has 0 aliphatic rings. The molecule has 0 saturated carbocycles. The van der Waals surface area contributed by atoms with E-state index in [2.05, 4.69) is 38.2 Å². The van der Waals surface area contributed by atoms with Crippen molar-refractivity contribution in [3.05, 3.63) is 59.7 Å². The zero-order chi connectivity index (χ0) is 19.2. The molecule has 0 aliphatic carbocycles. The minimum Gasteiger partial charge on any atom is -0.492 e. The summed E-state index contributed by atoms with van der Waals surface area (Å²) in [5.74, 6) is 1.34. The molecule has 0 radical (unpaired) electrons. The van der Waals surface area contributed by atoms with Gasteiger partial charge < -0.3 is 14.8 Å². The maximum atomic E-state index is 12.1. The van der Waals surface area contributed by atoms with Gasteiger partial charge in [-0.05, 0) is 54.7 Å². The molecule has 0 bridgehead atoms. The Bertz CT molecular complexity index is 717. The number of carbonyl (C=O) groups excluding carboxylic acids is 1. The fourth-order valence-electron chi connectivity index (χ4n) is 2.48. The maximum absolute atomic E-state index is 12.1. The molecular formula is C22H29NO3. The molecular weight excluding hydrogens is 326 g/mol. The van der Waals surface area contributed by atoms with Gasteiger partial charge in [0.05, 0.1) is 6.54 Å². The molecule has 26 heavy (non-hydrogen) atoms. The van der Waals surface area contributed by atoms with Gasteiger partial charge in [0.2, 0.25) is 0 Å². The van der Waals surface area contributed by atoms with Crippen LogP contribution in [-0.2, 0) is 10.2 Å². The first-order valence-corrected chi connectivity index (χ1v) is 9.00. The number of benzene rings is 2. The first-order chi connectivity index (χ1) is 12.3. The van der Waals surface area contributed by atoms with E-state index in [-0.39, 0.29) is 11.3 Å². The first-order valence-electron chi connectivity index (χ1n) is 9.00. The molecule has 1 N–H and O–H groups in total. The summed E-state index contributed by atoms with van der Waals surface area (Å²) in [4.78, 5) is 12.1. The fraction of sp³-hybridized carbons (Fsp3) is 0.409. The third-order valence-corrected chi connectivity index (χ3v) is 4.06. The average molecular weight is 355 g/mol. The second kappa shape index (κ2) is 8.75. The van der Waals surface area contributed by atoms with Crippen molar-refractivity contribution in [1.82, 2.24) is 5.32 Å². The largest absolute Gasteiger partial charge is 0.492 e. The van der Waals surface area contributed by atoms with Crippen LogP contribution in [0.5, 0.6) is 11.5 Å². The number of carbonyl (C=O) groups is 1. The van der Waals surface area contributed by atoms with E-state index in [1.165, 1.54) is 5.56 Å². The molecule has 0 fully saturated rings. The van der Waals surface area contributed by atoms with Gasteiger partial charge in [0.25, 0.3) is 5.91 Å². The highest BCUT2D eigenvalue weighted by Gasteiger charge is 2.15. The highest BCUT2D eigenvalue weighted by molar-refractivity contribution is 5.80. The number of rotatable bonds is 7. The number of ether oxygens (including phenoxy) is 2. The van der Waals surface area contributed by atoms with E-state index in [4.69, 9.17) is 9.47 Å². The zero-order valence-electron chi connectivity index (χ0n) is 16.3. The smallest absolute Gasteiger partial charge is 0.260 e. The van der Waals surface area contributed by atoms with Gasteiger partial charge >= 0.3 is 0 Å². The molecule has 2 aromatic carbocycles. The minimum absolute atomic E-state index is 0.125. The van der Waals surface area contributed by atoms with Gasteiger partial charge in [-0.25, -0.2) is 0 Å². The first kappa shape index (κ1) is 19.8. The second-order valence-electron chi connectivity index (χ2n) is 7.49. The Morgan fingerprint density at radius 1 is 1.08 bits per heavy atom. The van der Waals surface area contributed by atoms with Crippen LogP contribution >= 0.6 is 0 Å². The Morgan fingerprint density at radius 3 is 2.38 bits per heavy atom. The summed E-state index contributed by atoms with van der Waals surface area (Å²) in [7, 11) is 0. The number of hydrogen-bond donors (Lipinski definition) is 1. The molecule has 4 nitrogen and oxygen atoms in total. The minimum atomic E-state index is -0.553. The van der Waals surface area contributed by atoms with Crippen molar-refractivity contribution in [3.63, 3.8) is 0 Å². The summed E-state index contributed by atoms with van der Waals surface area (Å²) in [5, 5.41) is 2.83. The Labute approximate surface area is 156 Å². The van der Waals surface area contributed by atoms with Gasteiger partial charge in [0, 0.05) is 0 Å². The lowest BCUT2D eigenvalue weighted by atomic mass is 9.87. The average Bonchev–Trinajstić information content (AvgIpc) is 2.58. The van der Waals surface area contributed by atoms with Crippen molar-refractivity contribution in [2.24, 2.45) is 0 Å². The van der Waals surface area contributed by atoms with E-state index >= 15 is 0 Å². The Kier molecular flexibility index (Phi) is 6.67. The number of aryl methyl sites for hydroxylation is 1. The molecule has 1 atom stereocenters. The molecule has 0 heterocycles. The predicted octanol–water partition coefficient (Wildman–Crippen LogP) is 4.26. The van der Waals surface area contributed by atoms with Crippen molar-refractivity contribution in [2.45, 2.75) is 46.1 Å². The lowest BCUT2D eigenvalue weighted by molar-refractivity contribution is -0.127. The van der Waals surface area contributed by atoms with Crippen LogP contribution in [0, 0.1) is 6.92 Å². The van der Waals surface area contributed by atoms with Crippen LogP contribution in [0.1, 0.15) is 38.8 Å². The number of nitrogens with one attached hydrogen (secondary N) is 1. The Morgan fingerprint density at radius 2 is 1.77 bits per heavy atom. The summed E-state index contributed by atoms with van der Waals surface area (Å²) in [5.41, 5.74) is 2.49. The fourth-order valence-corrected chi connectivity index (χ4v) is 2.48. The quantitative estimate of drug-likeness (QED) is 0.755. The van der Waals surface area contributed by atoms with Gasteiger partial charge in [-0.2, -0.15) is 0 Å². The Balaban J connectivity index is 1.72. The molecule has 0 aliphatic heterocycles. The lowest BCUT2D eigenvalue weighted by Gasteiger charge is -2.19. The van der Waals surface area contributed by atoms with Crippen molar-refractivity contribution in [2.75, 3.05) is 13.2 Å². The van der Waals surface area contributed by atoms with Crippen LogP contribution in [0.4, 0.5) is 0 Å². The van der Waals surface area contributed by atoms with Crippen molar-refractivity contribution < 1.29 is 14.3 Å². The van der Waals surface area contributed by atoms with E-state index in [1.807, 2.05) is 43.3 Å². The van der Waals surface area contributed by atoms with Crippen LogP contribution in [-0.4, -0.2) is 25.2 Å². The van der Waals surface area contributed by atoms with Gasteiger partial charge in [-0.1, -0.05) is 45.0 Å². The van der Waals surface area contributed by atoms with Crippen LogP contribution < -0.4 is 14.8 Å². The van der Waals surface area contributed by atoms with Crippen LogP contribution in [0.15, 0.2) is 48.5 Å². The molecule has 4 heteroatoms. The van der Waals surface area contributed by atoms with Gasteiger partial charge in [-0.3, -0.25) is 4.79 Å². The highest BCUT2D eigenvalue weighted by Crippen LogP contribution is 2.24. The van der Waals surface area contributed by atoms with E-state index in [0.717, 1.165) is 11.3 Å². The molecule has 1 amide bonds. The third kappa shape index (κ3) is 6.10. The van der Waals surface area contributed by atoms with E-state index in [0.29, 0.717) is 18.9 Å².